The molecule has 0 saturated heterocycles. The number of fused-ring (bicyclic) bond motifs is 1. The summed E-state index contributed by atoms with van der Waals surface area (Å²) >= 11 is 19.0. The molecule has 0 bridgehead atoms. The van der Waals surface area contributed by atoms with Crippen LogP contribution in [0.5, 0.6) is 0 Å². The van der Waals surface area contributed by atoms with Crippen LogP contribution >= 0.6 is 46.8 Å². The molecule has 2 N–H and O–H groups in total. The van der Waals surface area contributed by atoms with Crippen LogP contribution in [0.1, 0.15) is 47.0 Å². The molecule has 1 aliphatic carbocycles. The maximum Gasteiger partial charge on any atom is 0.341 e. The summed E-state index contributed by atoms with van der Waals surface area (Å²) in [4.78, 5) is 13.8. The van der Waals surface area contributed by atoms with Crippen LogP contribution in [0.25, 0.3) is 0 Å². The monoisotopic (exact) mass is 442 g/mol. The van der Waals surface area contributed by atoms with Crippen LogP contribution in [-0.2, 0) is 17.6 Å². The Kier molecular flexibility index (Phi) is 6.98. The number of anilines is 2. The summed E-state index contributed by atoms with van der Waals surface area (Å²) < 4.78 is 5.29. The fourth-order valence-electron chi connectivity index (χ4n) is 3.09. The lowest BCUT2D eigenvalue weighted by atomic mass is 10.1. The molecule has 8 heteroatoms. The molecule has 1 heterocycles. The SMILES string of the molecule is CCOC(=O)c1c(NC(=S)Nc2ccc(Cl)c(Cl)c2)sc2c1CCCCC2. The molecule has 3 rings (SSSR count). The summed E-state index contributed by atoms with van der Waals surface area (Å²) in [5.41, 5.74) is 2.45. The molecule has 2 aromatic rings. The largest absolute Gasteiger partial charge is 0.462 e. The molecule has 0 amide bonds. The molecule has 0 unspecified atom stereocenters. The summed E-state index contributed by atoms with van der Waals surface area (Å²) in [6.45, 7) is 2.15. The van der Waals surface area contributed by atoms with Gasteiger partial charge in [0, 0.05) is 10.6 Å². The number of ether oxygens (including phenoxy) is 1. The van der Waals surface area contributed by atoms with E-state index in [1.165, 1.54) is 11.3 Å². The van der Waals surface area contributed by atoms with Crippen molar-refractivity contribution in [1.29, 1.82) is 0 Å². The number of rotatable bonds is 4. The Labute approximate surface area is 178 Å². The zero-order chi connectivity index (χ0) is 19.4. The molecule has 144 valence electrons. The van der Waals surface area contributed by atoms with Crippen molar-refractivity contribution in [3.8, 4) is 0 Å². The van der Waals surface area contributed by atoms with E-state index in [1.807, 2.05) is 6.92 Å². The van der Waals surface area contributed by atoms with Crippen molar-refractivity contribution in [1.82, 2.24) is 0 Å². The van der Waals surface area contributed by atoms with Crippen molar-refractivity contribution in [2.75, 3.05) is 17.2 Å². The first kappa shape index (κ1) is 20.4. The fourth-order valence-corrected chi connectivity index (χ4v) is 4.95. The third-order valence-electron chi connectivity index (χ3n) is 4.31. The highest BCUT2D eigenvalue weighted by Crippen LogP contribution is 2.38. The Balaban J connectivity index is 1.83. The number of thiocarbonyl (C=S) groups is 1. The number of hydrogen-bond donors (Lipinski definition) is 2. The number of nitrogens with one attached hydrogen (secondary N) is 2. The lowest BCUT2D eigenvalue weighted by Gasteiger charge is -2.12. The van der Waals surface area contributed by atoms with Crippen molar-refractivity contribution in [2.24, 2.45) is 0 Å². The van der Waals surface area contributed by atoms with E-state index < -0.39 is 0 Å². The summed E-state index contributed by atoms with van der Waals surface area (Å²) in [5, 5.41) is 8.30. The summed E-state index contributed by atoms with van der Waals surface area (Å²) in [6.07, 6.45) is 5.29. The first-order valence-electron chi connectivity index (χ1n) is 8.84. The lowest BCUT2D eigenvalue weighted by Crippen LogP contribution is -2.20. The summed E-state index contributed by atoms with van der Waals surface area (Å²) in [5.74, 6) is -0.295. The molecule has 0 spiro atoms. The zero-order valence-corrected chi connectivity index (χ0v) is 18.0. The van der Waals surface area contributed by atoms with E-state index in [0.29, 0.717) is 27.3 Å². The first-order valence-corrected chi connectivity index (χ1v) is 10.8. The van der Waals surface area contributed by atoms with Gasteiger partial charge >= 0.3 is 5.97 Å². The van der Waals surface area contributed by atoms with Crippen LogP contribution in [0, 0.1) is 0 Å². The van der Waals surface area contributed by atoms with Gasteiger partial charge in [-0.2, -0.15) is 0 Å². The highest BCUT2D eigenvalue weighted by atomic mass is 35.5. The Bertz CT molecular complexity index is 868. The number of carbonyl (C=O) groups excluding carboxylic acids is 1. The van der Waals surface area contributed by atoms with Crippen molar-refractivity contribution >= 4 is 68.5 Å². The molecular formula is C19H20Cl2N2O2S2. The molecule has 0 fully saturated rings. The van der Waals surface area contributed by atoms with Gasteiger partial charge in [0.2, 0.25) is 0 Å². The predicted octanol–water partition coefficient (Wildman–Crippen LogP) is 6.31. The normalized spacial score (nSPS) is 13.4. The van der Waals surface area contributed by atoms with Crippen LogP contribution < -0.4 is 10.6 Å². The fraction of sp³-hybridized carbons (Fsp3) is 0.368. The predicted molar refractivity (Wildman–Crippen MR) is 118 cm³/mol. The molecule has 0 saturated carbocycles. The van der Waals surface area contributed by atoms with Crippen molar-refractivity contribution in [2.45, 2.75) is 39.0 Å². The number of halogens is 2. The van der Waals surface area contributed by atoms with Gasteiger partial charge in [-0.1, -0.05) is 29.6 Å². The molecule has 0 atom stereocenters. The van der Waals surface area contributed by atoms with E-state index in [9.17, 15) is 4.79 Å². The second kappa shape index (κ2) is 9.24. The van der Waals surface area contributed by atoms with Crippen LogP contribution in [-0.4, -0.2) is 17.7 Å². The van der Waals surface area contributed by atoms with E-state index in [-0.39, 0.29) is 5.97 Å². The summed E-state index contributed by atoms with van der Waals surface area (Å²) in [7, 11) is 0. The highest BCUT2D eigenvalue weighted by molar-refractivity contribution is 7.80. The van der Waals surface area contributed by atoms with Gasteiger partial charge in [-0.15, -0.1) is 11.3 Å². The van der Waals surface area contributed by atoms with Gasteiger partial charge in [0.25, 0.3) is 0 Å². The third-order valence-corrected chi connectivity index (χ3v) is 6.46. The second-order valence-corrected chi connectivity index (χ2v) is 8.52. The van der Waals surface area contributed by atoms with Gasteiger partial charge in [0.1, 0.15) is 5.00 Å². The molecule has 1 aromatic carbocycles. The molecule has 0 radical (unpaired) electrons. The maximum absolute atomic E-state index is 12.6. The maximum atomic E-state index is 12.6. The topological polar surface area (TPSA) is 50.4 Å². The standard InChI is InChI=1S/C19H20Cl2N2O2S2/c1-2-25-18(24)16-12-6-4-3-5-7-15(12)27-17(16)23-19(26)22-11-8-9-13(20)14(21)10-11/h8-10H,2-7H2,1H3,(H2,22,23,26). The van der Waals surface area contributed by atoms with E-state index in [1.54, 1.807) is 29.5 Å². The van der Waals surface area contributed by atoms with E-state index >= 15 is 0 Å². The average Bonchev–Trinajstić information content (AvgIpc) is 2.79. The Morgan fingerprint density at radius 1 is 1.19 bits per heavy atom. The molecule has 0 aliphatic heterocycles. The van der Waals surface area contributed by atoms with Crippen molar-refractivity contribution in [3.05, 3.63) is 44.2 Å². The number of hydrogen-bond acceptors (Lipinski definition) is 4. The Morgan fingerprint density at radius 2 is 1.96 bits per heavy atom. The third kappa shape index (κ3) is 4.93. The van der Waals surface area contributed by atoms with Gasteiger partial charge in [-0.05, 0) is 68.6 Å². The van der Waals surface area contributed by atoms with Crippen LogP contribution in [0.3, 0.4) is 0 Å². The highest BCUT2D eigenvalue weighted by Gasteiger charge is 2.26. The van der Waals surface area contributed by atoms with Crippen molar-refractivity contribution in [3.63, 3.8) is 0 Å². The Hall–Kier alpha value is -1.34. The molecule has 27 heavy (non-hydrogen) atoms. The minimum atomic E-state index is -0.295. The Morgan fingerprint density at radius 3 is 2.70 bits per heavy atom. The van der Waals surface area contributed by atoms with Crippen LogP contribution in [0.15, 0.2) is 18.2 Å². The van der Waals surface area contributed by atoms with Crippen molar-refractivity contribution < 1.29 is 9.53 Å². The zero-order valence-electron chi connectivity index (χ0n) is 14.9. The van der Waals surface area contributed by atoms with E-state index in [0.717, 1.165) is 41.9 Å². The van der Waals surface area contributed by atoms with E-state index in [2.05, 4.69) is 10.6 Å². The summed E-state index contributed by atoms with van der Waals surface area (Å²) in [6, 6.07) is 5.19. The van der Waals surface area contributed by atoms with Gasteiger partial charge in [0.05, 0.1) is 22.2 Å². The van der Waals surface area contributed by atoms with Crippen LogP contribution in [0.4, 0.5) is 10.7 Å². The lowest BCUT2D eigenvalue weighted by molar-refractivity contribution is 0.0527. The van der Waals surface area contributed by atoms with Gasteiger partial charge in [0.15, 0.2) is 5.11 Å². The number of benzene rings is 1. The van der Waals surface area contributed by atoms with Gasteiger partial charge in [-0.25, -0.2) is 4.79 Å². The molecule has 4 nitrogen and oxygen atoms in total. The van der Waals surface area contributed by atoms with Gasteiger partial charge in [-0.3, -0.25) is 0 Å². The van der Waals surface area contributed by atoms with E-state index in [4.69, 9.17) is 40.2 Å². The smallest absolute Gasteiger partial charge is 0.341 e. The second-order valence-electron chi connectivity index (χ2n) is 6.20. The number of thiophene rings is 1. The minimum absolute atomic E-state index is 0.295. The molecule has 1 aromatic heterocycles. The minimum Gasteiger partial charge on any atom is -0.462 e. The number of aryl methyl sites for hydroxylation is 1. The van der Waals surface area contributed by atoms with Gasteiger partial charge < -0.3 is 15.4 Å². The van der Waals surface area contributed by atoms with Crippen LogP contribution in [0.2, 0.25) is 10.0 Å². The quantitative estimate of drug-likeness (QED) is 0.330. The first-order chi connectivity index (χ1) is 13.0. The average molecular weight is 443 g/mol. The number of esters is 1. The molecule has 1 aliphatic rings. The molecular weight excluding hydrogens is 423 g/mol. The number of carbonyl (C=O) groups is 1.